The number of aliphatic hydroxyl groups is 2. The van der Waals surface area contributed by atoms with E-state index in [1.54, 1.807) is 0 Å². The maximum atomic E-state index is 12.6. The van der Waals surface area contributed by atoms with Gasteiger partial charge >= 0.3 is 11.9 Å². The van der Waals surface area contributed by atoms with Crippen LogP contribution in [0.15, 0.2) is 0 Å². The average molecular weight is 563 g/mol. The number of rotatable bonds is 10. The first-order valence-corrected chi connectivity index (χ1v) is 16.5. The molecule has 0 aliphatic heterocycles. The Morgan fingerprint density at radius 1 is 0.925 bits per heavy atom. The third-order valence-electron chi connectivity index (χ3n) is 11.6. The Bertz CT molecular complexity index is 909. The molecule has 0 aromatic heterocycles. The van der Waals surface area contributed by atoms with Gasteiger partial charge in [0.2, 0.25) is 0 Å². The van der Waals surface area contributed by atoms with Gasteiger partial charge in [-0.05, 0) is 103 Å². The van der Waals surface area contributed by atoms with Gasteiger partial charge in [0.25, 0.3) is 0 Å². The van der Waals surface area contributed by atoms with Gasteiger partial charge in [-0.1, -0.05) is 40.5 Å². The molecule has 6 aliphatic rings. The van der Waals surface area contributed by atoms with Gasteiger partial charge < -0.3 is 19.7 Å². The molecule has 0 aromatic rings. The lowest BCUT2D eigenvalue weighted by Crippen LogP contribution is -2.67. The average Bonchev–Trinajstić information content (AvgIpc) is 3.49. The Balaban J connectivity index is 0.000000186. The summed E-state index contributed by atoms with van der Waals surface area (Å²) < 4.78 is 12.0. The van der Waals surface area contributed by atoms with E-state index >= 15 is 0 Å². The molecule has 0 spiro atoms. The van der Waals surface area contributed by atoms with Crippen molar-refractivity contribution in [3.63, 3.8) is 0 Å². The van der Waals surface area contributed by atoms with Crippen LogP contribution in [0.25, 0.3) is 0 Å². The van der Waals surface area contributed by atoms with Gasteiger partial charge in [0.05, 0.1) is 22.5 Å². The fourth-order valence-corrected chi connectivity index (χ4v) is 9.17. The van der Waals surface area contributed by atoms with E-state index in [4.69, 9.17) is 9.47 Å². The minimum absolute atomic E-state index is 0.00590. The molecule has 6 rings (SSSR count). The van der Waals surface area contributed by atoms with Gasteiger partial charge in [0.1, 0.15) is 11.2 Å². The molecule has 230 valence electrons. The van der Waals surface area contributed by atoms with E-state index < -0.39 is 16.8 Å². The Morgan fingerprint density at radius 2 is 1.57 bits per heavy atom. The lowest BCUT2D eigenvalue weighted by atomic mass is 9.50. The first-order chi connectivity index (χ1) is 18.6. The molecule has 0 heterocycles. The minimum Gasteiger partial charge on any atom is -0.459 e. The summed E-state index contributed by atoms with van der Waals surface area (Å²) in [4.78, 5) is 24.7. The molecule has 6 saturated carbocycles. The molecule has 6 bridgehead atoms. The van der Waals surface area contributed by atoms with E-state index in [1.807, 2.05) is 27.7 Å². The molecule has 6 heteroatoms. The second kappa shape index (κ2) is 11.5. The summed E-state index contributed by atoms with van der Waals surface area (Å²) in [7, 11) is 0. The van der Waals surface area contributed by atoms with Crippen LogP contribution >= 0.6 is 0 Å². The highest BCUT2D eigenvalue weighted by molar-refractivity contribution is 5.76. The molecular weight excluding hydrogens is 504 g/mol. The highest BCUT2D eigenvalue weighted by Crippen LogP contribution is 2.60. The van der Waals surface area contributed by atoms with Crippen LogP contribution in [-0.2, 0) is 19.1 Å². The molecule has 40 heavy (non-hydrogen) atoms. The summed E-state index contributed by atoms with van der Waals surface area (Å²) in [6.07, 6.45) is 14.1. The number of fused-ring (bicyclic) bond motifs is 2. The first-order valence-electron chi connectivity index (χ1n) is 16.5. The normalized spacial score (nSPS) is 39.7. The number of esters is 2. The third kappa shape index (κ3) is 6.58. The standard InChI is InChI=1S/C19H34O2.C15H24O4/c1-6-8-11-19(5,21-17(20)18(3,4)7-2)16-13-14-9-10-15(16)12-14;1-3-10(2)12(16)19-15-6-11-4-13(17,8-15)7-14(18,5-11)9-15/h14-16H,6-13H2,1-5H3;10-11,17-18H,3-9H2,1-2H3. The smallest absolute Gasteiger partial charge is 0.312 e. The van der Waals surface area contributed by atoms with Crippen LogP contribution in [-0.4, -0.2) is 44.6 Å². The zero-order valence-electron chi connectivity index (χ0n) is 26.5. The zero-order chi connectivity index (χ0) is 29.6. The molecule has 0 saturated heterocycles. The van der Waals surface area contributed by atoms with E-state index in [0.29, 0.717) is 25.2 Å². The fraction of sp³-hybridized carbons (Fsp3) is 0.941. The lowest BCUT2D eigenvalue weighted by molar-refractivity contribution is -0.262. The topological polar surface area (TPSA) is 93.1 Å². The number of ether oxygens (including phenoxy) is 2. The molecule has 2 N–H and O–H groups in total. The van der Waals surface area contributed by atoms with Crippen molar-refractivity contribution in [2.24, 2.45) is 35.0 Å². The second-order valence-electron chi connectivity index (χ2n) is 15.7. The summed E-state index contributed by atoms with van der Waals surface area (Å²) in [6, 6.07) is 0. The number of hydrogen-bond acceptors (Lipinski definition) is 6. The molecule has 0 radical (unpaired) electrons. The molecule has 6 nitrogen and oxygen atoms in total. The molecular formula is C34H58O6. The number of hydrogen-bond donors (Lipinski definition) is 2. The van der Waals surface area contributed by atoms with E-state index in [1.165, 1.54) is 32.1 Å². The molecule has 0 amide bonds. The van der Waals surface area contributed by atoms with Crippen molar-refractivity contribution >= 4 is 11.9 Å². The predicted octanol–water partition coefficient (Wildman–Crippen LogP) is 7.13. The van der Waals surface area contributed by atoms with E-state index in [-0.39, 0.29) is 34.8 Å². The largest absolute Gasteiger partial charge is 0.459 e. The maximum Gasteiger partial charge on any atom is 0.312 e. The molecule has 0 aromatic carbocycles. The molecule has 6 fully saturated rings. The first kappa shape index (κ1) is 31.8. The summed E-state index contributed by atoms with van der Waals surface area (Å²) in [5.41, 5.74) is -2.87. The van der Waals surface area contributed by atoms with Crippen LogP contribution < -0.4 is 0 Å². The van der Waals surface area contributed by atoms with Crippen LogP contribution in [0.4, 0.5) is 0 Å². The summed E-state index contributed by atoms with van der Waals surface area (Å²) in [5.74, 6) is 2.30. The van der Waals surface area contributed by atoms with E-state index in [0.717, 1.165) is 56.8 Å². The Morgan fingerprint density at radius 3 is 2.05 bits per heavy atom. The van der Waals surface area contributed by atoms with Crippen molar-refractivity contribution in [1.29, 1.82) is 0 Å². The van der Waals surface area contributed by atoms with E-state index in [2.05, 4.69) is 20.8 Å². The molecule has 6 aliphatic carbocycles. The highest BCUT2D eigenvalue weighted by Gasteiger charge is 2.64. The van der Waals surface area contributed by atoms with E-state index in [9.17, 15) is 19.8 Å². The fourth-order valence-electron chi connectivity index (χ4n) is 9.17. The van der Waals surface area contributed by atoms with Crippen LogP contribution in [0.3, 0.4) is 0 Å². The number of carbonyl (C=O) groups is 2. The highest BCUT2D eigenvalue weighted by atomic mass is 16.6. The lowest BCUT2D eigenvalue weighted by Gasteiger charge is -2.62. The predicted molar refractivity (Wildman–Crippen MR) is 156 cm³/mol. The Hall–Kier alpha value is -1.14. The molecule has 7 atom stereocenters. The van der Waals surface area contributed by atoms with Crippen LogP contribution in [0.1, 0.15) is 145 Å². The second-order valence-corrected chi connectivity index (χ2v) is 15.7. The minimum atomic E-state index is -0.829. The number of unbranched alkanes of at least 4 members (excludes halogenated alkanes) is 1. The quantitative estimate of drug-likeness (QED) is 0.275. The van der Waals surface area contributed by atoms with Crippen LogP contribution in [0.2, 0.25) is 0 Å². The van der Waals surface area contributed by atoms with Gasteiger partial charge in [-0.3, -0.25) is 9.59 Å². The summed E-state index contributed by atoms with van der Waals surface area (Å²) >= 11 is 0. The van der Waals surface area contributed by atoms with Crippen LogP contribution in [0.5, 0.6) is 0 Å². The summed E-state index contributed by atoms with van der Waals surface area (Å²) in [6.45, 7) is 14.4. The van der Waals surface area contributed by atoms with Gasteiger partial charge in [0, 0.05) is 25.2 Å². The van der Waals surface area contributed by atoms with Crippen molar-refractivity contribution in [3.8, 4) is 0 Å². The van der Waals surface area contributed by atoms with Crippen molar-refractivity contribution < 1.29 is 29.3 Å². The third-order valence-corrected chi connectivity index (χ3v) is 11.6. The van der Waals surface area contributed by atoms with Crippen molar-refractivity contribution in [2.75, 3.05) is 0 Å². The van der Waals surface area contributed by atoms with Gasteiger partial charge in [-0.2, -0.15) is 0 Å². The van der Waals surface area contributed by atoms with Crippen molar-refractivity contribution in [3.05, 3.63) is 0 Å². The van der Waals surface area contributed by atoms with Crippen molar-refractivity contribution in [1.82, 2.24) is 0 Å². The van der Waals surface area contributed by atoms with Gasteiger partial charge in [-0.15, -0.1) is 0 Å². The van der Waals surface area contributed by atoms with Crippen molar-refractivity contribution in [2.45, 2.75) is 167 Å². The Kier molecular flexibility index (Phi) is 9.14. The summed E-state index contributed by atoms with van der Waals surface area (Å²) in [5, 5.41) is 21.2. The number of carbonyl (C=O) groups excluding carboxylic acids is 2. The van der Waals surface area contributed by atoms with Crippen LogP contribution in [0, 0.1) is 35.0 Å². The SMILES string of the molecule is CCC(C)C(=O)OC12CC3CC(O)(CC(O)(C3)C1)C2.CCCCC(C)(OC(=O)C(C)(C)CC)C1CC2CCC1C2. The van der Waals surface area contributed by atoms with Gasteiger partial charge in [0.15, 0.2) is 0 Å². The maximum absolute atomic E-state index is 12.6. The van der Waals surface area contributed by atoms with Gasteiger partial charge in [-0.25, -0.2) is 0 Å². The molecule has 7 unspecified atom stereocenters. The zero-order valence-corrected chi connectivity index (χ0v) is 26.5. The Labute approximate surface area is 243 Å². The monoisotopic (exact) mass is 562 g/mol.